The fraction of sp³-hybridized carbons (Fsp3) is 0.0385. The molecule has 1 amide bonds. The van der Waals surface area contributed by atoms with Crippen LogP contribution in [0.3, 0.4) is 0 Å². The summed E-state index contributed by atoms with van der Waals surface area (Å²) >= 11 is 0. The van der Waals surface area contributed by atoms with E-state index in [0.717, 1.165) is 0 Å². The van der Waals surface area contributed by atoms with Crippen molar-refractivity contribution in [3.8, 4) is 11.4 Å². The van der Waals surface area contributed by atoms with Crippen LogP contribution in [-0.2, 0) is 0 Å². The van der Waals surface area contributed by atoms with Crippen LogP contribution < -0.4 is 16.4 Å². The van der Waals surface area contributed by atoms with Gasteiger partial charge in [-0.3, -0.25) is 9.20 Å². The summed E-state index contributed by atoms with van der Waals surface area (Å²) in [6, 6.07) is 18.8. The molecule has 0 saturated carbocycles. The monoisotopic (exact) mass is 479 g/mol. The number of fused-ring (bicyclic) bond motifs is 1. The molecule has 3 aromatic heterocycles. The van der Waals surface area contributed by atoms with Gasteiger partial charge in [0.15, 0.2) is 0 Å². The Morgan fingerprint density at radius 2 is 1.69 bits per heavy atom. The average molecular weight is 480 g/mol. The number of aromatic nitrogens is 4. The summed E-state index contributed by atoms with van der Waals surface area (Å²) < 4.78 is 1.71. The van der Waals surface area contributed by atoms with Crippen molar-refractivity contribution in [2.45, 2.75) is 6.92 Å². The van der Waals surface area contributed by atoms with Gasteiger partial charge in [-0.25, -0.2) is 19.7 Å². The number of amides is 1. The Morgan fingerprint density at radius 3 is 2.44 bits per heavy atom. The molecule has 5 N–H and O–H groups in total. The number of aryl methyl sites for hydroxylation is 1. The van der Waals surface area contributed by atoms with Crippen molar-refractivity contribution in [1.82, 2.24) is 19.4 Å². The summed E-state index contributed by atoms with van der Waals surface area (Å²) in [5.41, 5.74) is 10.8. The minimum atomic E-state index is -1.02. The topological polar surface area (TPSA) is 148 Å². The Labute approximate surface area is 205 Å². The molecular formula is C26H21N7O3. The van der Waals surface area contributed by atoms with Crippen LogP contribution in [-0.4, -0.2) is 36.3 Å². The molecular weight excluding hydrogens is 458 g/mol. The highest BCUT2D eigenvalue weighted by atomic mass is 16.4. The second-order valence-corrected chi connectivity index (χ2v) is 8.01. The van der Waals surface area contributed by atoms with Gasteiger partial charge >= 0.3 is 5.97 Å². The van der Waals surface area contributed by atoms with Crippen molar-refractivity contribution in [1.29, 1.82) is 0 Å². The molecule has 36 heavy (non-hydrogen) atoms. The molecule has 3 heterocycles. The third-order valence-corrected chi connectivity index (χ3v) is 5.55. The molecule has 0 aliphatic rings. The number of hydrogen-bond acceptors (Lipinski definition) is 7. The third kappa shape index (κ3) is 4.42. The number of hydrogen-bond donors (Lipinski definition) is 4. The predicted molar refractivity (Wildman–Crippen MR) is 136 cm³/mol. The number of nitrogens with zero attached hydrogens (tertiary/aromatic N) is 4. The summed E-state index contributed by atoms with van der Waals surface area (Å²) in [6.45, 7) is 1.84. The van der Waals surface area contributed by atoms with E-state index in [4.69, 9.17) is 5.73 Å². The van der Waals surface area contributed by atoms with Crippen LogP contribution in [0.5, 0.6) is 0 Å². The van der Waals surface area contributed by atoms with E-state index in [0.29, 0.717) is 51.3 Å². The Bertz CT molecular complexity index is 1610. The number of nitrogen functional groups attached to an aromatic ring is 1. The van der Waals surface area contributed by atoms with Gasteiger partial charge in [-0.05, 0) is 61.5 Å². The van der Waals surface area contributed by atoms with Gasteiger partial charge in [0.05, 0.1) is 34.0 Å². The van der Waals surface area contributed by atoms with E-state index in [1.54, 1.807) is 71.3 Å². The zero-order chi connectivity index (χ0) is 25.2. The number of pyridine rings is 1. The molecule has 0 bridgehead atoms. The maximum absolute atomic E-state index is 12.6. The highest BCUT2D eigenvalue weighted by Gasteiger charge is 2.15. The van der Waals surface area contributed by atoms with Crippen LogP contribution in [0.15, 0.2) is 79.1 Å². The molecule has 0 spiro atoms. The van der Waals surface area contributed by atoms with Gasteiger partial charge in [0.2, 0.25) is 5.95 Å². The van der Waals surface area contributed by atoms with Crippen molar-refractivity contribution in [2.75, 3.05) is 16.4 Å². The van der Waals surface area contributed by atoms with Crippen LogP contribution in [0.1, 0.15) is 26.4 Å². The number of benzene rings is 2. The number of rotatable bonds is 6. The fourth-order valence-corrected chi connectivity index (χ4v) is 3.79. The van der Waals surface area contributed by atoms with Crippen molar-refractivity contribution in [2.24, 2.45) is 0 Å². The molecule has 5 rings (SSSR count). The molecule has 0 fully saturated rings. The SMILES string of the molecule is Cc1nc2ccc(C(=O)O)cn2c1-c1ccnc(Nc2ccc(C(=O)Nc3ccccc3N)cc2)n1. The second kappa shape index (κ2) is 9.18. The molecule has 0 aliphatic carbocycles. The lowest BCUT2D eigenvalue weighted by Gasteiger charge is -2.10. The van der Waals surface area contributed by atoms with Gasteiger partial charge in [0.1, 0.15) is 5.65 Å². The lowest BCUT2D eigenvalue weighted by Crippen LogP contribution is -2.13. The molecule has 10 nitrogen and oxygen atoms in total. The normalized spacial score (nSPS) is 10.8. The summed E-state index contributed by atoms with van der Waals surface area (Å²) in [7, 11) is 0. The maximum Gasteiger partial charge on any atom is 0.337 e. The Hall–Kier alpha value is -5.25. The number of imidazole rings is 1. The van der Waals surface area contributed by atoms with Gasteiger partial charge in [-0.15, -0.1) is 0 Å². The maximum atomic E-state index is 12.6. The zero-order valence-electron chi connectivity index (χ0n) is 19.1. The van der Waals surface area contributed by atoms with Gasteiger partial charge in [0.25, 0.3) is 5.91 Å². The third-order valence-electron chi connectivity index (χ3n) is 5.55. The van der Waals surface area contributed by atoms with E-state index >= 15 is 0 Å². The van der Waals surface area contributed by atoms with Crippen molar-refractivity contribution >= 4 is 40.5 Å². The van der Waals surface area contributed by atoms with Crippen molar-refractivity contribution in [3.05, 3.63) is 95.9 Å². The Balaban J connectivity index is 1.37. The second-order valence-electron chi connectivity index (χ2n) is 8.01. The number of para-hydroxylation sites is 2. The van der Waals surface area contributed by atoms with E-state index in [9.17, 15) is 14.7 Å². The summed E-state index contributed by atoms with van der Waals surface area (Å²) in [4.78, 5) is 37.4. The first kappa shape index (κ1) is 22.5. The first-order valence-corrected chi connectivity index (χ1v) is 11.0. The van der Waals surface area contributed by atoms with Crippen molar-refractivity contribution < 1.29 is 14.7 Å². The number of carbonyl (C=O) groups excluding carboxylic acids is 1. The predicted octanol–water partition coefficient (Wildman–Crippen LogP) is 4.38. The highest BCUT2D eigenvalue weighted by molar-refractivity contribution is 6.05. The number of aromatic carboxylic acids is 1. The molecule has 0 radical (unpaired) electrons. The first-order valence-electron chi connectivity index (χ1n) is 11.0. The first-order chi connectivity index (χ1) is 17.4. The smallest absolute Gasteiger partial charge is 0.337 e. The Morgan fingerprint density at radius 1 is 0.944 bits per heavy atom. The number of carboxylic acid groups (broad SMARTS) is 1. The molecule has 178 valence electrons. The van der Waals surface area contributed by atoms with Gasteiger partial charge < -0.3 is 21.5 Å². The van der Waals surface area contributed by atoms with E-state index in [-0.39, 0.29) is 11.5 Å². The molecule has 0 aliphatic heterocycles. The number of nitrogens with one attached hydrogen (secondary N) is 2. The molecule has 5 aromatic rings. The average Bonchev–Trinajstić information content (AvgIpc) is 3.21. The number of carbonyl (C=O) groups is 2. The number of carboxylic acids is 1. The number of nitrogens with two attached hydrogens (primary N) is 1. The Kier molecular flexibility index (Phi) is 5.75. The van der Waals surface area contributed by atoms with E-state index < -0.39 is 5.97 Å². The van der Waals surface area contributed by atoms with Gasteiger partial charge in [0, 0.05) is 23.6 Å². The van der Waals surface area contributed by atoms with Crippen molar-refractivity contribution in [3.63, 3.8) is 0 Å². The van der Waals surface area contributed by atoms with E-state index in [1.165, 1.54) is 12.3 Å². The van der Waals surface area contributed by atoms with Crippen LogP contribution in [0, 0.1) is 6.92 Å². The van der Waals surface area contributed by atoms with Crippen LogP contribution in [0.2, 0.25) is 0 Å². The minimum absolute atomic E-state index is 0.146. The van der Waals surface area contributed by atoms with E-state index in [1.807, 2.05) is 6.92 Å². The summed E-state index contributed by atoms with van der Waals surface area (Å²) in [6.07, 6.45) is 3.13. The lowest BCUT2D eigenvalue weighted by molar-refractivity contribution is 0.0696. The quantitative estimate of drug-likeness (QED) is 0.262. The summed E-state index contributed by atoms with van der Waals surface area (Å²) in [5, 5.41) is 15.3. The molecule has 0 saturated heterocycles. The summed E-state index contributed by atoms with van der Waals surface area (Å²) in [5.74, 6) is -0.962. The molecule has 0 atom stereocenters. The van der Waals surface area contributed by atoms with Crippen LogP contribution in [0.25, 0.3) is 17.0 Å². The molecule has 10 heteroatoms. The minimum Gasteiger partial charge on any atom is -0.478 e. The van der Waals surface area contributed by atoms with Gasteiger partial charge in [-0.2, -0.15) is 0 Å². The number of anilines is 4. The largest absolute Gasteiger partial charge is 0.478 e. The highest BCUT2D eigenvalue weighted by Crippen LogP contribution is 2.25. The lowest BCUT2D eigenvalue weighted by atomic mass is 10.2. The van der Waals surface area contributed by atoms with E-state index in [2.05, 4.69) is 25.6 Å². The van der Waals surface area contributed by atoms with Crippen LogP contribution in [0.4, 0.5) is 23.0 Å². The fourth-order valence-electron chi connectivity index (χ4n) is 3.79. The standard InChI is InChI=1S/C26H21N7O3/c1-15-23(33-14-17(25(35)36)8-11-22(33)29-15)21-12-13-28-26(32-21)30-18-9-6-16(7-10-18)24(34)31-20-5-3-2-4-19(20)27/h2-14H,27H2,1H3,(H,31,34)(H,35,36)(H,28,30,32). The van der Waals surface area contributed by atoms with Crippen LogP contribution >= 0.6 is 0 Å². The molecule has 2 aromatic carbocycles. The van der Waals surface area contributed by atoms with Gasteiger partial charge in [-0.1, -0.05) is 12.1 Å². The molecule has 0 unspecified atom stereocenters. The zero-order valence-corrected chi connectivity index (χ0v) is 19.1.